The van der Waals surface area contributed by atoms with E-state index in [-0.39, 0.29) is 16.9 Å². The zero-order chi connectivity index (χ0) is 19.8. The molecule has 0 aliphatic heterocycles. The van der Waals surface area contributed by atoms with Gasteiger partial charge in [-0.2, -0.15) is 0 Å². The summed E-state index contributed by atoms with van der Waals surface area (Å²) in [5, 5.41) is 3.95. The fraction of sp³-hybridized carbons (Fsp3) is 0.0526. The largest absolute Gasteiger partial charge is 0.350 e. The van der Waals surface area contributed by atoms with E-state index in [1.165, 1.54) is 48.8 Å². The standard InChI is InChI=1S/C19H12F2N4O3/c20-13-6-4-12(5-7-13)16(26)11-25-19(28)24-9-8-23(18(27)17(24)22-25)15-3-1-2-14(21)10-15/h1-10H,11H2. The van der Waals surface area contributed by atoms with Gasteiger partial charge in [0.1, 0.15) is 18.2 Å². The molecular weight excluding hydrogens is 370 g/mol. The Morgan fingerprint density at radius 1 is 0.964 bits per heavy atom. The Kier molecular flexibility index (Phi) is 4.19. The monoisotopic (exact) mass is 382 g/mol. The molecule has 2 heterocycles. The van der Waals surface area contributed by atoms with Crippen LogP contribution in [0.3, 0.4) is 0 Å². The second-order valence-corrected chi connectivity index (χ2v) is 6.02. The first-order valence-electron chi connectivity index (χ1n) is 8.19. The third-order valence-electron chi connectivity index (χ3n) is 4.19. The maximum Gasteiger partial charge on any atom is 0.350 e. The highest BCUT2D eigenvalue weighted by molar-refractivity contribution is 5.95. The molecule has 2 aromatic carbocycles. The highest BCUT2D eigenvalue weighted by Gasteiger charge is 2.16. The molecule has 0 fully saturated rings. The van der Waals surface area contributed by atoms with Crippen molar-refractivity contribution in [3.8, 4) is 5.69 Å². The second-order valence-electron chi connectivity index (χ2n) is 6.02. The Morgan fingerprint density at radius 2 is 1.71 bits per heavy atom. The lowest BCUT2D eigenvalue weighted by Crippen LogP contribution is -2.26. The number of Topliss-reactive ketones (excluding diaryl/α,β-unsaturated/α-hetero) is 1. The van der Waals surface area contributed by atoms with Crippen molar-refractivity contribution in [3.63, 3.8) is 0 Å². The van der Waals surface area contributed by atoms with Gasteiger partial charge in [-0.1, -0.05) is 6.07 Å². The predicted octanol–water partition coefficient (Wildman–Crippen LogP) is 1.81. The van der Waals surface area contributed by atoms with Crippen molar-refractivity contribution >= 4 is 11.4 Å². The van der Waals surface area contributed by atoms with Crippen LogP contribution in [0.25, 0.3) is 11.3 Å². The van der Waals surface area contributed by atoms with Crippen LogP contribution in [-0.2, 0) is 6.54 Å². The number of carbonyl (C=O) groups is 1. The van der Waals surface area contributed by atoms with Crippen molar-refractivity contribution in [3.05, 3.63) is 99.0 Å². The predicted molar refractivity (Wildman–Crippen MR) is 95.7 cm³/mol. The van der Waals surface area contributed by atoms with Gasteiger partial charge in [0.25, 0.3) is 0 Å². The van der Waals surface area contributed by atoms with Gasteiger partial charge in [-0.15, -0.1) is 5.10 Å². The lowest BCUT2D eigenvalue weighted by atomic mass is 10.1. The number of ketones is 1. The molecular formula is C19H12F2N4O3. The van der Waals surface area contributed by atoms with Gasteiger partial charge in [0, 0.05) is 18.0 Å². The van der Waals surface area contributed by atoms with E-state index in [1.807, 2.05) is 0 Å². The van der Waals surface area contributed by atoms with Crippen LogP contribution in [0, 0.1) is 11.6 Å². The topological polar surface area (TPSA) is 78.4 Å². The van der Waals surface area contributed by atoms with Crippen molar-refractivity contribution in [1.82, 2.24) is 18.7 Å². The van der Waals surface area contributed by atoms with Gasteiger partial charge < -0.3 is 0 Å². The van der Waals surface area contributed by atoms with Gasteiger partial charge >= 0.3 is 11.2 Å². The van der Waals surface area contributed by atoms with Crippen molar-refractivity contribution in [2.75, 3.05) is 0 Å². The number of aromatic nitrogens is 4. The number of rotatable bonds is 4. The first-order valence-corrected chi connectivity index (χ1v) is 8.19. The summed E-state index contributed by atoms with van der Waals surface area (Å²) < 4.78 is 29.4. The molecule has 0 radical (unpaired) electrons. The van der Waals surface area contributed by atoms with Crippen LogP contribution >= 0.6 is 0 Å². The molecule has 0 aliphatic rings. The van der Waals surface area contributed by atoms with Gasteiger partial charge in [-0.3, -0.25) is 14.2 Å². The Labute approximate surface area is 155 Å². The first-order chi connectivity index (χ1) is 13.4. The van der Waals surface area contributed by atoms with E-state index >= 15 is 0 Å². The normalized spacial score (nSPS) is 11.1. The molecule has 0 saturated heterocycles. The van der Waals surface area contributed by atoms with Crippen LogP contribution in [0.2, 0.25) is 0 Å². The van der Waals surface area contributed by atoms with Gasteiger partial charge in [-0.05, 0) is 42.5 Å². The van der Waals surface area contributed by atoms with Gasteiger partial charge in [-0.25, -0.2) is 22.7 Å². The minimum Gasteiger partial charge on any atom is -0.292 e. The number of benzene rings is 2. The summed E-state index contributed by atoms with van der Waals surface area (Å²) in [5.41, 5.74) is -1.03. The molecule has 4 aromatic rings. The molecule has 0 spiro atoms. The molecule has 0 atom stereocenters. The third kappa shape index (κ3) is 3.02. The van der Waals surface area contributed by atoms with Crippen molar-refractivity contribution in [2.24, 2.45) is 0 Å². The molecule has 0 unspecified atom stereocenters. The fourth-order valence-corrected chi connectivity index (χ4v) is 2.80. The zero-order valence-corrected chi connectivity index (χ0v) is 14.3. The quantitative estimate of drug-likeness (QED) is 0.505. The van der Waals surface area contributed by atoms with Crippen LogP contribution in [0.1, 0.15) is 10.4 Å². The summed E-state index contributed by atoms with van der Waals surface area (Å²) in [6.07, 6.45) is 2.63. The zero-order valence-electron chi connectivity index (χ0n) is 14.3. The summed E-state index contributed by atoms with van der Waals surface area (Å²) >= 11 is 0. The molecule has 2 aromatic heterocycles. The Bertz CT molecular complexity index is 1320. The van der Waals surface area contributed by atoms with Crippen LogP contribution in [0.15, 0.2) is 70.5 Å². The third-order valence-corrected chi connectivity index (χ3v) is 4.19. The van der Waals surface area contributed by atoms with Crippen molar-refractivity contribution < 1.29 is 13.6 Å². The maximum atomic E-state index is 13.4. The highest BCUT2D eigenvalue weighted by atomic mass is 19.1. The van der Waals surface area contributed by atoms with Crippen LogP contribution in [0.4, 0.5) is 8.78 Å². The number of hydrogen-bond acceptors (Lipinski definition) is 4. The number of fused-ring (bicyclic) bond motifs is 1. The van der Waals surface area contributed by atoms with Crippen LogP contribution in [0.5, 0.6) is 0 Å². The summed E-state index contributed by atoms with van der Waals surface area (Å²) in [6.45, 7) is -0.411. The summed E-state index contributed by atoms with van der Waals surface area (Å²) in [6, 6.07) is 10.3. The molecule has 9 heteroatoms. The Hall–Kier alpha value is -3.88. The molecule has 0 amide bonds. The van der Waals surface area contributed by atoms with Gasteiger partial charge in [0.2, 0.25) is 5.65 Å². The van der Waals surface area contributed by atoms with E-state index in [2.05, 4.69) is 5.10 Å². The van der Waals surface area contributed by atoms with Crippen molar-refractivity contribution in [2.45, 2.75) is 6.54 Å². The van der Waals surface area contributed by atoms with E-state index < -0.39 is 35.2 Å². The number of carbonyl (C=O) groups excluding carboxylic acids is 1. The minimum atomic E-state index is -0.672. The fourth-order valence-electron chi connectivity index (χ4n) is 2.80. The van der Waals surface area contributed by atoms with E-state index in [0.717, 1.165) is 25.8 Å². The lowest BCUT2D eigenvalue weighted by molar-refractivity contribution is 0.0966. The average Bonchev–Trinajstić information content (AvgIpc) is 2.99. The molecule has 7 nitrogen and oxygen atoms in total. The molecule has 140 valence electrons. The summed E-state index contributed by atoms with van der Waals surface area (Å²) in [7, 11) is 0. The van der Waals surface area contributed by atoms with Crippen LogP contribution < -0.4 is 11.2 Å². The SMILES string of the molecule is O=C(Cn1nc2c(=O)n(-c3cccc(F)c3)ccn2c1=O)c1ccc(F)cc1. The number of halogens is 2. The summed E-state index contributed by atoms with van der Waals surface area (Å²) in [5.74, 6) is -1.47. The Morgan fingerprint density at radius 3 is 2.43 bits per heavy atom. The average molecular weight is 382 g/mol. The second kappa shape index (κ2) is 6.69. The summed E-state index contributed by atoms with van der Waals surface area (Å²) in [4.78, 5) is 37.4. The van der Waals surface area contributed by atoms with E-state index in [1.54, 1.807) is 0 Å². The number of hydrogen-bond donors (Lipinski definition) is 0. The number of nitrogens with zero attached hydrogens (tertiary/aromatic N) is 4. The molecule has 28 heavy (non-hydrogen) atoms. The molecule has 0 saturated carbocycles. The van der Waals surface area contributed by atoms with Crippen LogP contribution in [-0.4, -0.2) is 24.5 Å². The van der Waals surface area contributed by atoms with E-state index in [9.17, 15) is 23.2 Å². The minimum absolute atomic E-state index is 0.205. The molecule has 0 bridgehead atoms. The van der Waals surface area contributed by atoms with Crippen molar-refractivity contribution in [1.29, 1.82) is 0 Å². The maximum absolute atomic E-state index is 13.4. The van der Waals surface area contributed by atoms with Gasteiger partial charge in [0.05, 0.1) is 5.69 Å². The molecule has 0 aliphatic carbocycles. The lowest BCUT2D eigenvalue weighted by Gasteiger charge is -2.04. The van der Waals surface area contributed by atoms with Gasteiger partial charge in [0.15, 0.2) is 5.78 Å². The van der Waals surface area contributed by atoms with E-state index in [0.29, 0.717) is 0 Å². The molecule has 4 rings (SSSR count). The molecule has 0 N–H and O–H groups in total. The Balaban J connectivity index is 1.75. The smallest absolute Gasteiger partial charge is 0.292 e. The highest BCUT2D eigenvalue weighted by Crippen LogP contribution is 2.08. The van der Waals surface area contributed by atoms with E-state index in [4.69, 9.17) is 0 Å². The first kappa shape index (κ1) is 17.5.